The highest BCUT2D eigenvalue weighted by molar-refractivity contribution is 5.85. The number of nitrogens with zero attached hydrogens (tertiary/aromatic N) is 3. The lowest BCUT2D eigenvalue weighted by Gasteiger charge is -2.31. The fraction of sp³-hybridized carbons (Fsp3) is 0.600. The Morgan fingerprint density at radius 1 is 1.31 bits per heavy atom. The van der Waals surface area contributed by atoms with Crippen molar-refractivity contribution < 1.29 is 4.39 Å². The van der Waals surface area contributed by atoms with Crippen molar-refractivity contribution in [2.75, 3.05) is 25.0 Å². The van der Waals surface area contributed by atoms with Crippen LogP contribution in [0.15, 0.2) is 12.4 Å². The van der Waals surface area contributed by atoms with Gasteiger partial charge < -0.3 is 10.2 Å². The van der Waals surface area contributed by atoms with Crippen molar-refractivity contribution in [3.8, 4) is 0 Å². The molecule has 4 nitrogen and oxygen atoms in total. The first-order valence-electron chi connectivity index (χ1n) is 5.19. The van der Waals surface area contributed by atoms with Gasteiger partial charge in [0.05, 0.1) is 12.4 Å². The maximum atomic E-state index is 12.6. The molecule has 0 unspecified atom stereocenters. The van der Waals surface area contributed by atoms with Gasteiger partial charge in [-0.1, -0.05) is 0 Å². The number of hydrogen-bond donors (Lipinski definition) is 1. The molecule has 1 N–H and O–H groups in total. The Labute approximate surface area is 101 Å². The number of hydrogen-bond acceptors (Lipinski definition) is 4. The van der Waals surface area contributed by atoms with E-state index in [4.69, 9.17) is 0 Å². The van der Waals surface area contributed by atoms with Crippen LogP contribution in [0.2, 0.25) is 0 Å². The van der Waals surface area contributed by atoms with Crippen molar-refractivity contribution in [3.05, 3.63) is 18.2 Å². The van der Waals surface area contributed by atoms with Crippen LogP contribution in [0, 0.1) is 5.82 Å². The van der Waals surface area contributed by atoms with Crippen LogP contribution in [-0.2, 0) is 0 Å². The van der Waals surface area contributed by atoms with Crippen molar-refractivity contribution in [2.24, 2.45) is 0 Å². The molecule has 2 heterocycles. The molecule has 90 valence electrons. The number of anilines is 1. The molecule has 6 heteroatoms. The van der Waals surface area contributed by atoms with Gasteiger partial charge in [0.1, 0.15) is 0 Å². The zero-order valence-electron chi connectivity index (χ0n) is 9.19. The van der Waals surface area contributed by atoms with Gasteiger partial charge in [-0.05, 0) is 19.9 Å². The lowest BCUT2D eigenvalue weighted by molar-refractivity contribution is 0.438. The minimum absolute atomic E-state index is 0. The first-order valence-corrected chi connectivity index (χ1v) is 5.19. The van der Waals surface area contributed by atoms with E-state index in [9.17, 15) is 4.39 Å². The summed E-state index contributed by atoms with van der Waals surface area (Å²) >= 11 is 0. The van der Waals surface area contributed by atoms with Crippen LogP contribution in [-0.4, -0.2) is 36.1 Å². The molecular formula is C10H16ClFN4. The molecule has 1 saturated heterocycles. The zero-order chi connectivity index (χ0) is 10.7. The van der Waals surface area contributed by atoms with E-state index in [-0.39, 0.29) is 18.2 Å². The molecule has 0 radical (unpaired) electrons. The van der Waals surface area contributed by atoms with E-state index in [0.717, 1.165) is 25.9 Å². The Hall–Kier alpha value is -0.940. The third-order valence-corrected chi connectivity index (χ3v) is 2.79. The van der Waals surface area contributed by atoms with Gasteiger partial charge in [0, 0.05) is 19.1 Å². The van der Waals surface area contributed by atoms with Crippen LogP contribution < -0.4 is 10.2 Å². The van der Waals surface area contributed by atoms with Gasteiger partial charge >= 0.3 is 0 Å². The standard InChI is InChI=1S/C10H15FN4.ClH/c1-12-9-2-4-15(5-3-9)10-13-6-8(11)7-14-10;/h6-7,9,12H,2-5H2,1H3;1H. The van der Waals surface area contributed by atoms with Gasteiger partial charge in [0.2, 0.25) is 5.95 Å². The summed E-state index contributed by atoms with van der Waals surface area (Å²) in [5.41, 5.74) is 0. The van der Waals surface area contributed by atoms with E-state index in [1.54, 1.807) is 0 Å². The Morgan fingerprint density at radius 2 is 1.88 bits per heavy atom. The largest absolute Gasteiger partial charge is 0.341 e. The molecule has 0 aromatic carbocycles. The average Bonchev–Trinajstić information content (AvgIpc) is 2.30. The highest BCUT2D eigenvalue weighted by Crippen LogP contribution is 2.15. The quantitative estimate of drug-likeness (QED) is 0.852. The lowest BCUT2D eigenvalue weighted by Crippen LogP contribution is -2.41. The SMILES string of the molecule is CNC1CCN(c2ncc(F)cn2)CC1.Cl. The predicted molar refractivity (Wildman–Crippen MR) is 63.5 cm³/mol. The average molecular weight is 247 g/mol. The second-order valence-electron chi connectivity index (χ2n) is 3.75. The summed E-state index contributed by atoms with van der Waals surface area (Å²) in [7, 11) is 1.98. The molecule has 0 atom stereocenters. The van der Waals surface area contributed by atoms with Crippen LogP contribution in [0.5, 0.6) is 0 Å². The molecule has 1 aliphatic heterocycles. The maximum absolute atomic E-state index is 12.6. The van der Waals surface area contributed by atoms with E-state index in [2.05, 4.69) is 20.2 Å². The number of aromatic nitrogens is 2. The predicted octanol–water partition coefficient (Wildman–Crippen LogP) is 1.23. The first kappa shape index (κ1) is 13.1. The molecule has 0 bridgehead atoms. The Morgan fingerprint density at radius 3 is 2.38 bits per heavy atom. The van der Waals surface area contributed by atoms with Gasteiger partial charge in [0.25, 0.3) is 0 Å². The van der Waals surface area contributed by atoms with E-state index in [0.29, 0.717) is 12.0 Å². The molecule has 0 amide bonds. The minimum atomic E-state index is -0.385. The van der Waals surface area contributed by atoms with Crippen molar-refractivity contribution in [3.63, 3.8) is 0 Å². The van der Waals surface area contributed by atoms with E-state index in [1.807, 2.05) is 7.05 Å². The fourth-order valence-electron chi connectivity index (χ4n) is 1.84. The van der Waals surface area contributed by atoms with Gasteiger partial charge in [0.15, 0.2) is 5.82 Å². The zero-order valence-corrected chi connectivity index (χ0v) is 10.0. The number of nitrogens with one attached hydrogen (secondary N) is 1. The second kappa shape index (κ2) is 5.96. The normalized spacial score (nSPS) is 17.0. The monoisotopic (exact) mass is 246 g/mol. The number of piperidine rings is 1. The molecule has 0 aliphatic carbocycles. The van der Waals surface area contributed by atoms with Gasteiger partial charge in [-0.2, -0.15) is 0 Å². The first-order chi connectivity index (χ1) is 7.29. The van der Waals surface area contributed by atoms with Crippen LogP contribution in [0.1, 0.15) is 12.8 Å². The third-order valence-electron chi connectivity index (χ3n) is 2.79. The molecule has 0 spiro atoms. The summed E-state index contributed by atoms with van der Waals surface area (Å²) in [6, 6.07) is 0.585. The van der Waals surface area contributed by atoms with Gasteiger partial charge in [-0.15, -0.1) is 12.4 Å². The van der Waals surface area contributed by atoms with Crippen molar-refractivity contribution in [1.82, 2.24) is 15.3 Å². The summed E-state index contributed by atoms with van der Waals surface area (Å²) in [6.07, 6.45) is 4.59. The Bertz CT molecular complexity index is 311. The molecule has 1 aliphatic rings. The topological polar surface area (TPSA) is 41.0 Å². The molecule has 1 fully saturated rings. The highest BCUT2D eigenvalue weighted by Gasteiger charge is 2.19. The number of halogens is 2. The van der Waals surface area contributed by atoms with Gasteiger partial charge in [-0.25, -0.2) is 14.4 Å². The summed E-state index contributed by atoms with van der Waals surface area (Å²) in [5, 5.41) is 3.26. The Kier molecular flexibility index (Phi) is 4.89. The molecular weight excluding hydrogens is 231 g/mol. The third kappa shape index (κ3) is 3.02. The fourth-order valence-corrected chi connectivity index (χ4v) is 1.84. The van der Waals surface area contributed by atoms with Crippen molar-refractivity contribution >= 4 is 18.4 Å². The molecule has 0 saturated carbocycles. The maximum Gasteiger partial charge on any atom is 0.225 e. The summed E-state index contributed by atoms with van der Waals surface area (Å²) in [5.74, 6) is 0.245. The summed E-state index contributed by atoms with van der Waals surface area (Å²) < 4.78 is 12.6. The molecule has 16 heavy (non-hydrogen) atoms. The summed E-state index contributed by atoms with van der Waals surface area (Å²) in [6.45, 7) is 1.86. The van der Waals surface area contributed by atoms with Crippen LogP contribution in [0.25, 0.3) is 0 Å². The molecule has 1 aromatic heterocycles. The van der Waals surface area contributed by atoms with E-state index >= 15 is 0 Å². The van der Waals surface area contributed by atoms with Crippen molar-refractivity contribution in [2.45, 2.75) is 18.9 Å². The minimum Gasteiger partial charge on any atom is -0.341 e. The summed E-state index contributed by atoms with van der Waals surface area (Å²) in [4.78, 5) is 10.0. The number of rotatable bonds is 2. The van der Waals surface area contributed by atoms with Gasteiger partial charge in [-0.3, -0.25) is 0 Å². The van der Waals surface area contributed by atoms with E-state index in [1.165, 1.54) is 12.4 Å². The Balaban J connectivity index is 0.00000128. The van der Waals surface area contributed by atoms with Crippen LogP contribution >= 0.6 is 12.4 Å². The lowest BCUT2D eigenvalue weighted by atomic mass is 10.1. The van der Waals surface area contributed by atoms with E-state index < -0.39 is 0 Å². The highest BCUT2D eigenvalue weighted by atomic mass is 35.5. The molecule has 2 rings (SSSR count). The van der Waals surface area contributed by atoms with Crippen LogP contribution in [0.3, 0.4) is 0 Å². The smallest absolute Gasteiger partial charge is 0.225 e. The van der Waals surface area contributed by atoms with Crippen molar-refractivity contribution in [1.29, 1.82) is 0 Å². The molecule has 1 aromatic rings. The van der Waals surface area contributed by atoms with Crippen LogP contribution in [0.4, 0.5) is 10.3 Å². The second-order valence-corrected chi connectivity index (χ2v) is 3.75.